The van der Waals surface area contributed by atoms with Crippen LogP contribution in [0.15, 0.2) is 28.7 Å². The van der Waals surface area contributed by atoms with Crippen LogP contribution in [0.5, 0.6) is 0 Å². The highest BCUT2D eigenvalue weighted by atomic mass is 16.3. The van der Waals surface area contributed by atoms with Gasteiger partial charge in [0.1, 0.15) is 11.3 Å². The Hall–Kier alpha value is -2.34. The number of nitrogens with one attached hydrogen (secondary N) is 2. The van der Waals surface area contributed by atoms with E-state index in [-0.39, 0.29) is 30.9 Å². The Morgan fingerprint density at radius 1 is 1.29 bits per heavy atom. The predicted molar refractivity (Wildman–Crippen MR) is 79.6 cm³/mol. The molecule has 1 heterocycles. The van der Waals surface area contributed by atoms with Crippen molar-refractivity contribution in [2.75, 3.05) is 13.1 Å². The number of aryl methyl sites for hydroxylation is 1. The molecule has 0 spiro atoms. The predicted octanol–water partition coefficient (Wildman–Crippen LogP) is 0.993. The highest BCUT2D eigenvalue weighted by Gasteiger charge is 2.18. The van der Waals surface area contributed by atoms with Gasteiger partial charge in [-0.1, -0.05) is 18.2 Å². The molecule has 2 amide bonds. The molecule has 0 bridgehead atoms. The van der Waals surface area contributed by atoms with Gasteiger partial charge in [0.15, 0.2) is 0 Å². The van der Waals surface area contributed by atoms with Crippen LogP contribution < -0.4 is 16.4 Å². The fraction of sp³-hybridized carbons (Fsp3) is 0.333. The fourth-order valence-electron chi connectivity index (χ4n) is 2.22. The van der Waals surface area contributed by atoms with Gasteiger partial charge in [0, 0.05) is 10.9 Å². The summed E-state index contributed by atoms with van der Waals surface area (Å²) >= 11 is 0. The van der Waals surface area contributed by atoms with E-state index in [1.165, 1.54) is 0 Å². The minimum Gasteiger partial charge on any atom is -0.459 e. The third-order valence-corrected chi connectivity index (χ3v) is 3.28. The van der Waals surface area contributed by atoms with Gasteiger partial charge in [0.05, 0.1) is 19.1 Å². The molecular formula is C15H19N3O3. The summed E-state index contributed by atoms with van der Waals surface area (Å²) in [6.07, 6.45) is 0. The van der Waals surface area contributed by atoms with Crippen LogP contribution in [-0.2, 0) is 9.59 Å². The van der Waals surface area contributed by atoms with E-state index in [9.17, 15) is 9.59 Å². The van der Waals surface area contributed by atoms with E-state index in [0.29, 0.717) is 0 Å². The molecule has 0 aliphatic heterocycles. The molecule has 0 saturated heterocycles. The molecular weight excluding hydrogens is 270 g/mol. The van der Waals surface area contributed by atoms with Crippen LogP contribution in [0.1, 0.15) is 24.3 Å². The second-order valence-electron chi connectivity index (χ2n) is 4.86. The van der Waals surface area contributed by atoms with E-state index in [4.69, 9.17) is 10.2 Å². The molecule has 4 N–H and O–H groups in total. The molecule has 0 radical (unpaired) electrons. The number of furan rings is 1. The van der Waals surface area contributed by atoms with Gasteiger partial charge in [-0.25, -0.2) is 0 Å². The zero-order valence-electron chi connectivity index (χ0n) is 12.1. The lowest BCUT2D eigenvalue weighted by molar-refractivity contribution is -0.125. The largest absolute Gasteiger partial charge is 0.459 e. The van der Waals surface area contributed by atoms with Crippen molar-refractivity contribution in [2.45, 2.75) is 19.9 Å². The van der Waals surface area contributed by atoms with Crippen LogP contribution in [-0.4, -0.2) is 24.9 Å². The van der Waals surface area contributed by atoms with Crippen molar-refractivity contribution in [3.05, 3.63) is 35.6 Å². The lowest BCUT2D eigenvalue weighted by atomic mass is 10.1. The Kier molecular flexibility index (Phi) is 4.59. The monoisotopic (exact) mass is 289 g/mol. The normalized spacial score (nSPS) is 12.1. The maximum absolute atomic E-state index is 11.8. The van der Waals surface area contributed by atoms with Crippen LogP contribution in [0.4, 0.5) is 0 Å². The SMILES string of the molecule is Cc1c(C(C)NC(=O)CNC(=O)CN)oc2ccccc12. The Bertz CT molecular complexity index is 663. The van der Waals surface area contributed by atoms with Gasteiger partial charge < -0.3 is 20.8 Å². The van der Waals surface area contributed by atoms with Gasteiger partial charge in [0.25, 0.3) is 0 Å². The smallest absolute Gasteiger partial charge is 0.239 e. The van der Waals surface area contributed by atoms with Gasteiger partial charge in [-0.3, -0.25) is 9.59 Å². The van der Waals surface area contributed by atoms with Gasteiger partial charge in [-0.15, -0.1) is 0 Å². The Morgan fingerprint density at radius 2 is 2.00 bits per heavy atom. The summed E-state index contributed by atoms with van der Waals surface area (Å²) < 4.78 is 5.79. The van der Waals surface area contributed by atoms with E-state index in [2.05, 4.69) is 10.6 Å². The fourth-order valence-corrected chi connectivity index (χ4v) is 2.22. The van der Waals surface area contributed by atoms with E-state index < -0.39 is 0 Å². The van der Waals surface area contributed by atoms with Crippen molar-refractivity contribution in [1.29, 1.82) is 0 Å². The number of hydrogen-bond donors (Lipinski definition) is 3. The van der Waals surface area contributed by atoms with Crippen molar-refractivity contribution in [3.63, 3.8) is 0 Å². The summed E-state index contributed by atoms with van der Waals surface area (Å²) in [7, 11) is 0. The zero-order valence-corrected chi connectivity index (χ0v) is 12.1. The van der Waals surface area contributed by atoms with E-state index in [1.54, 1.807) is 0 Å². The van der Waals surface area contributed by atoms with E-state index in [0.717, 1.165) is 22.3 Å². The molecule has 21 heavy (non-hydrogen) atoms. The number of amides is 2. The molecule has 2 aromatic rings. The van der Waals surface area contributed by atoms with Crippen LogP contribution in [0.25, 0.3) is 11.0 Å². The number of nitrogens with two attached hydrogens (primary N) is 1. The summed E-state index contributed by atoms with van der Waals surface area (Å²) in [6, 6.07) is 7.44. The average Bonchev–Trinajstić information content (AvgIpc) is 2.82. The van der Waals surface area contributed by atoms with Crippen molar-refractivity contribution in [3.8, 4) is 0 Å². The Morgan fingerprint density at radius 3 is 2.67 bits per heavy atom. The lowest BCUT2D eigenvalue weighted by Crippen LogP contribution is -2.40. The first-order valence-electron chi connectivity index (χ1n) is 6.77. The van der Waals surface area contributed by atoms with Crippen molar-refractivity contribution >= 4 is 22.8 Å². The van der Waals surface area contributed by atoms with Crippen LogP contribution >= 0.6 is 0 Å². The molecule has 2 rings (SSSR count). The summed E-state index contributed by atoms with van der Waals surface area (Å²) in [4.78, 5) is 22.8. The summed E-state index contributed by atoms with van der Waals surface area (Å²) in [5, 5.41) is 6.25. The molecule has 0 fully saturated rings. The molecule has 6 nitrogen and oxygen atoms in total. The van der Waals surface area contributed by atoms with Crippen LogP contribution in [0.3, 0.4) is 0 Å². The number of fused-ring (bicyclic) bond motifs is 1. The van der Waals surface area contributed by atoms with Crippen molar-refractivity contribution < 1.29 is 14.0 Å². The summed E-state index contributed by atoms with van der Waals surface area (Å²) in [6.45, 7) is 3.57. The number of carbonyl (C=O) groups is 2. The topological polar surface area (TPSA) is 97.4 Å². The Labute approximate surface area is 122 Å². The minimum absolute atomic E-state index is 0.0976. The van der Waals surface area contributed by atoms with E-state index >= 15 is 0 Å². The first-order valence-corrected chi connectivity index (χ1v) is 6.77. The molecule has 1 unspecified atom stereocenters. The number of carbonyl (C=O) groups excluding carboxylic acids is 2. The maximum atomic E-state index is 11.8. The molecule has 0 aliphatic rings. The number of hydrogen-bond acceptors (Lipinski definition) is 4. The second-order valence-corrected chi connectivity index (χ2v) is 4.86. The van der Waals surface area contributed by atoms with Gasteiger partial charge in [0.2, 0.25) is 11.8 Å². The second kappa shape index (κ2) is 6.41. The molecule has 112 valence electrons. The molecule has 0 saturated carbocycles. The van der Waals surface area contributed by atoms with Crippen molar-refractivity contribution in [2.24, 2.45) is 5.73 Å². The quantitative estimate of drug-likeness (QED) is 0.764. The van der Waals surface area contributed by atoms with Crippen LogP contribution in [0, 0.1) is 6.92 Å². The highest BCUT2D eigenvalue weighted by Crippen LogP contribution is 2.28. The molecule has 1 aromatic heterocycles. The third-order valence-electron chi connectivity index (χ3n) is 3.28. The molecule has 6 heteroatoms. The van der Waals surface area contributed by atoms with E-state index in [1.807, 2.05) is 38.1 Å². The molecule has 1 atom stereocenters. The summed E-state index contributed by atoms with van der Waals surface area (Å²) in [5.74, 6) is 0.0663. The number of rotatable bonds is 5. The van der Waals surface area contributed by atoms with Gasteiger partial charge >= 0.3 is 0 Å². The highest BCUT2D eigenvalue weighted by molar-refractivity contribution is 5.86. The van der Waals surface area contributed by atoms with Crippen molar-refractivity contribution in [1.82, 2.24) is 10.6 Å². The maximum Gasteiger partial charge on any atom is 0.239 e. The standard InChI is InChI=1S/C15H19N3O3/c1-9-11-5-3-4-6-12(11)21-15(9)10(2)18-14(20)8-17-13(19)7-16/h3-6,10H,7-8,16H2,1-2H3,(H,17,19)(H,18,20). The third kappa shape index (κ3) is 3.41. The van der Waals surface area contributed by atoms with Gasteiger partial charge in [-0.05, 0) is 19.9 Å². The summed E-state index contributed by atoms with van der Waals surface area (Å²) in [5.41, 5.74) is 6.95. The number of benzene rings is 1. The molecule has 0 aliphatic carbocycles. The first-order chi connectivity index (χ1) is 10.0. The first kappa shape index (κ1) is 15.1. The van der Waals surface area contributed by atoms with Gasteiger partial charge in [-0.2, -0.15) is 0 Å². The average molecular weight is 289 g/mol. The lowest BCUT2D eigenvalue weighted by Gasteiger charge is -2.12. The minimum atomic E-state index is -0.363. The van der Waals surface area contributed by atoms with Crippen LogP contribution in [0.2, 0.25) is 0 Å². The number of para-hydroxylation sites is 1. The Balaban J connectivity index is 2.05. The zero-order chi connectivity index (χ0) is 15.4. The molecule has 1 aromatic carbocycles.